The molecule has 0 amide bonds. The van der Waals surface area contributed by atoms with Crippen LogP contribution in [0.3, 0.4) is 0 Å². The van der Waals surface area contributed by atoms with Gasteiger partial charge in [-0.25, -0.2) is 0 Å². The van der Waals surface area contributed by atoms with E-state index in [9.17, 15) is 13.2 Å². The average Bonchev–Trinajstić information content (AvgIpc) is 3.02. The number of hydrogen-bond acceptors (Lipinski definition) is 6. The number of allylic oxidation sites excluding steroid dienone is 1. The van der Waals surface area contributed by atoms with Crippen LogP contribution in [0.25, 0.3) is 6.08 Å². The van der Waals surface area contributed by atoms with E-state index in [1.54, 1.807) is 6.08 Å². The van der Waals surface area contributed by atoms with Crippen LogP contribution in [0.2, 0.25) is 0 Å². The van der Waals surface area contributed by atoms with Crippen molar-refractivity contribution in [3.05, 3.63) is 89.2 Å². The monoisotopic (exact) mass is 422 g/mol. The predicted molar refractivity (Wildman–Crippen MR) is 111 cm³/mol. The Balaban J connectivity index is 1.58. The van der Waals surface area contributed by atoms with E-state index in [1.165, 1.54) is 49.6 Å². The zero-order valence-electron chi connectivity index (χ0n) is 16.3. The molecule has 0 fully saturated rings. The smallest absolute Gasteiger partial charge is 0.339 e. The zero-order chi connectivity index (χ0) is 21.3. The van der Waals surface area contributed by atoms with Gasteiger partial charge in [0.15, 0.2) is 5.76 Å². The minimum Gasteiger partial charge on any atom is -0.497 e. The van der Waals surface area contributed by atoms with Gasteiger partial charge in [0.1, 0.15) is 22.1 Å². The van der Waals surface area contributed by atoms with Gasteiger partial charge in [-0.2, -0.15) is 8.42 Å². The number of ketones is 1. The fourth-order valence-corrected chi connectivity index (χ4v) is 3.97. The number of benzene rings is 3. The standard InChI is InChI=1S/C23H18O6S/c1-15-4-3-5-16(12-15)13-22-23(24)20-11-8-18(14-21(20)28-22)29-30(25,26)19-9-6-17(27-2)7-10-19/h3-14H,1-2H3. The van der Waals surface area contributed by atoms with Crippen LogP contribution in [0.15, 0.2) is 77.4 Å². The van der Waals surface area contributed by atoms with Crippen molar-refractivity contribution < 1.29 is 26.9 Å². The molecular weight excluding hydrogens is 404 g/mol. The summed E-state index contributed by atoms with van der Waals surface area (Å²) in [6.07, 6.45) is 1.66. The second-order valence-electron chi connectivity index (χ2n) is 6.72. The first-order chi connectivity index (χ1) is 14.4. The van der Waals surface area contributed by atoms with Gasteiger partial charge in [0.2, 0.25) is 5.78 Å². The second kappa shape index (κ2) is 7.68. The number of ether oxygens (including phenoxy) is 2. The summed E-state index contributed by atoms with van der Waals surface area (Å²) >= 11 is 0. The molecule has 0 saturated carbocycles. The van der Waals surface area contributed by atoms with Gasteiger partial charge in [-0.3, -0.25) is 4.79 Å². The molecule has 0 N–H and O–H groups in total. The van der Waals surface area contributed by atoms with Gasteiger partial charge < -0.3 is 13.7 Å². The number of aryl methyl sites for hydroxylation is 1. The van der Waals surface area contributed by atoms with Crippen LogP contribution in [0.5, 0.6) is 17.2 Å². The Hall–Kier alpha value is -3.58. The summed E-state index contributed by atoms with van der Waals surface area (Å²) in [6.45, 7) is 1.96. The fraction of sp³-hybridized carbons (Fsp3) is 0.0870. The topological polar surface area (TPSA) is 78.9 Å². The molecule has 0 atom stereocenters. The van der Waals surface area contributed by atoms with Gasteiger partial charge >= 0.3 is 10.1 Å². The van der Waals surface area contributed by atoms with Crippen molar-refractivity contribution >= 4 is 22.0 Å². The highest BCUT2D eigenvalue weighted by molar-refractivity contribution is 7.87. The molecule has 0 saturated heterocycles. The first-order valence-corrected chi connectivity index (χ1v) is 10.5. The first kappa shape index (κ1) is 19.7. The van der Waals surface area contributed by atoms with E-state index in [4.69, 9.17) is 13.7 Å². The van der Waals surface area contributed by atoms with Crippen molar-refractivity contribution in [2.75, 3.05) is 7.11 Å². The van der Waals surface area contributed by atoms with Crippen LogP contribution < -0.4 is 13.7 Å². The lowest BCUT2D eigenvalue weighted by molar-refractivity contribution is 0.101. The number of hydrogen-bond donors (Lipinski definition) is 0. The molecule has 3 aromatic carbocycles. The number of Topliss-reactive ketones (excluding diaryl/α,β-unsaturated/α-hetero) is 1. The third-order valence-corrected chi connectivity index (χ3v) is 5.80. The molecule has 152 valence electrons. The van der Waals surface area contributed by atoms with Crippen LogP contribution in [0.1, 0.15) is 21.5 Å². The van der Waals surface area contributed by atoms with E-state index in [0.717, 1.165) is 11.1 Å². The Bertz CT molecular complexity index is 1260. The molecule has 0 radical (unpaired) electrons. The molecule has 0 unspecified atom stereocenters. The van der Waals surface area contributed by atoms with E-state index >= 15 is 0 Å². The molecule has 0 bridgehead atoms. The van der Waals surface area contributed by atoms with Crippen molar-refractivity contribution in [2.24, 2.45) is 0 Å². The number of carbonyl (C=O) groups is 1. The molecule has 7 heteroatoms. The summed E-state index contributed by atoms with van der Waals surface area (Å²) in [4.78, 5) is 12.6. The fourth-order valence-electron chi connectivity index (χ4n) is 3.05. The highest BCUT2D eigenvalue weighted by Gasteiger charge is 2.28. The van der Waals surface area contributed by atoms with Gasteiger partial charge in [0.25, 0.3) is 0 Å². The summed E-state index contributed by atoms with van der Waals surface area (Å²) in [6, 6.07) is 17.8. The van der Waals surface area contributed by atoms with Crippen LogP contribution in [0.4, 0.5) is 0 Å². The molecular formula is C23H18O6S. The Labute approximate surface area is 174 Å². The van der Waals surface area contributed by atoms with E-state index in [0.29, 0.717) is 11.3 Å². The van der Waals surface area contributed by atoms with Crippen LogP contribution >= 0.6 is 0 Å². The lowest BCUT2D eigenvalue weighted by atomic mass is 10.1. The van der Waals surface area contributed by atoms with Gasteiger partial charge in [-0.15, -0.1) is 0 Å². The van der Waals surface area contributed by atoms with Crippen molar-refractivity contribution in [2.45, 2.75) is 11.8 Å². The lowest BCUT2D eigenvalue weighted by Crippen LogP contribution is -2.09. The maximum atomic E-state index is 12.6. The molecule has 0 aliphatic carbocycles. The zero-order valence-corrected chi connectivity index (χ0v) is 17.1. The van der Waals surface area contributed by atoms with Gasteiger partial charge in [0, 0.05) is 6.07 Å². The summed E-state index contributed by atoms with van der Waals surface area (Å²) < 4.78 is 41.0. The number of methoxy groups -OCH3 is 1. The molecule has 30 heavy (non-hydrogen) atoms. The third kappa shape index (κ3) is 3.92. The summed E-state index contributed by atoms with van der Waals surface area (Å²) in [5.74, 6) is 0.739. The Morgan fingerprint density at radius 3 is 2.37 bits per heavy atom. The van der Waals surface area contributed by atoms with Crippen LogP contribution in [-0.2, 0) is 10.1 Å². The summed E-state index contributed by atoms with van der Waals surface area (Å²) in [5, 5.41) is 0. The van der Waals surface area contributed by atoms with Crippen LogP contribution in [0, 0.1) is 6.92 Å². The lowest BCUT2D eigenvalue weighted by Gasteiger charge is -2.08. The normalized spacial score (nSPS) is 14.3. The van der Waals surface area contributed by atoms with Gasteiger partial charge in [-0.05, 0) is 55.0 Å². The van der Waals surface area contributed by atoms with Crippen LogP contribution in [-0.4, -0.2) is 21.3 Å². The molecule has 6 nitrogen and oxygen atoms in total. The molecule has 4 rings (SSSR count). The Morgan fingerprint density at radius 1 is 0.933 bits per heavy atom. The van der Waals surface area contributed by atoms with Crippen molar-refractivity contribution in [1.82, 2.24) is 0 Å². The summed E-state index contributed by atoms with van der Waals surface area (Å²) in [7, 11) is -2.55. The molecule has 1 aliphatic heterocycles. The maximum absolute atomic E-state index is 12.6. The van der Waals surface area contributed by atoms with Crippen molar-refractivity contribution in [3.63, 3.8) is 0 Å². The van der Waals surface area contributed by atoms with Gasteiger partial charge in [0.05, 0.1) is 12.7 Å². The minimum atomic E-state index is -4.05. The molecule has 1 aliphatic rings. The minimum absolute atomic E-state index is 0.0131. The summed E-state index contributed by atoms with van der Waals surface area (Å²) in [5.41, 5.74) is 2.25. The first-order valence-electron chi connectivity index (χ1n) is 9.09. The Kier molecular flexibility index (Phi) is 5.05. The number of carbonyl (C=O) groups excluding carboxylic acids is 1. The highest BCUT2D eigenvalue weighted by Crippen LogP contribution is 2.35. The SMILES string of the molecule is COc1ccc(S(=O)(=O)Oc2ccc3c(c2)OC(=Cc2cccc(C)c2)C3=O)cc1. The average molecular weight is 422 g/mol. The van der Waals surface area contributed by atoms with Gasteiger partial charge in [-0.1, -0.05) is 29.8 Å². The third-order valence-electron chi connectivity index (χ3n) is 4.54. The number of rotatable bonds is 5. The van der Waals surface area contributed by atoms with E-state index in [-0.39, 0.29) is 27.9 Å². The number of fused-ring (bicyclic) bond motifs is 1. The molecule has 0 spiro atoms. The Morgan fingerprint density at radius 2 is 1.67 bits per heavy atom. The van der Waals surface area contributed by atoms with E-state index in [1.807, 2.05) is 31.2 Å². The quantitative estimate of drug-likeness (QED) is 0.448. The largest absolute Gasteiger partial charge is 0.497 e. The molecule has 0 aromatic heterocycles. The molecule has 1 heterocycles. The van der Waals surface area contributed by atoms with E-state index in [2.05, 4.69) is 0 Å². The van der Waals surface area contributed by atoms with Crippen molar-refractivity contribution in [3.8, 4) is 17.2 Å². The maximum Gasteiger partial charge on any atom is 0.339 e. The predicted octanol–water partition coefficient (Wildman–Crippen LogP) is 4.39. The second-order valence-corrected chi connectivity index (χ2v) is 8.27. The molecule has 3 aromatic rings. The van der Waals surface area contributed by atoms with Crippen molar-refractivity contribution in [1.29, 1.82) is 0 Å². The van der Waals surface area contributed by atoms with E-state index < -0.39 is 10.1 Å². The highest BCUT2D eigenvalue weighted by atomic mass is 32.2.